The zero-order chi connectivity index (χ0) is 22.9. The number of hydrogen-bond donors (Lipinski definition) is 2. The van der Waals surface area contributed by atoms with Crippen LogP contribution in [0.3, 0.4) is 0 Å². The summed E-state index contributed by atoms with van der Waals surface area (Å²) in [6.45, 7) is -0.595. The molecule has 0 spiro atoms. The Labute approximate surface area is 181 Å². The molecule has 32 heavy (non-hydrogen) atoms. The number of benzene rings is 2. The number of hydrogen-bond acceptors (Lipinski definition) is 7. The number of aromatic nitrogens is 3. The zero-order valence-electron chi connectivity index (χ0n) is 15.8. The second-order valence-corrected chi connectivity index (χ2v) is 6.59. The summed E-state index contributed by atoms with van der Waals surface area (Å²) in [5.41, 5.74) is 0.532. The van der Waals surface area contributed by atoms with E-state index in [1.54, 1.807) is 30.3 Å². The van der Waals surface area contributed by atoms with Gasteiger partial charge in [-0.1, -0.05) is 29.8 Å². The molecule has 0 atom stereocenters. The van der Waals surface area contributed by atoms with Gasteiger partial charge in [-0.2, -0.15) is 4.52 Å². The van der Waals surface area contributed by atoms with E-state index in [4.69, 9.17) is 20.8 Å². The molecule has 2 N–H and O–H groups in total. The molecule has 0 fully saturated rings. The fourth-order valence-electron chi connectivity index (χ4n) is 2.69. The number of nitrogens with one attached hydrogen (secondary N) is 1. The van der Waals surface area contributed by atoms with Crippen LogP contribution in [-0.4, -0.2) is 32.0 Å². The molecule has 0 radical (unpaired) electrons. The largest absolute Gasteiger partial charge is 0.573 e. The number of halogens is 4. The minimum absolute atomic E-state index is 0.0164. The molecule has 0 aliphatic heterocycles. The average molecular weight is 469 g/mol. The topological polar surface area (TPSA) is 111 Å². The van der Waals surface area contributed by atoms with E-state index in [1.807, 2.05) is 0 Å². The van der Waals surface area contributed by atoms with Crippen molar-refractivity contribution in [2.75, 3.05) is 5.32 Å². The monoisotopic (exact) mass is 468 g/mol. The summed E-state index contributed by atoms with van der Waals surface area (Å²) in [4.78, 5) is 16.4. The fourth-order valence-corrected chi connectivity index (χ4v) is 2.90. The van der Waals surface area contributed by atoms with Crippen LogP contribution in [0.2, 0.25) is 5.02 Å². The Bertz CT molecular complexity index is 1270. The third kappa shape index (κ3) is 4.60. The van der Waals surface area contributed by atoms with Crippen LogP contribution in [0, 0.1) is 0 Å². The van der Waals surface area contributed by atoms with Gasteiger partial charge in [0, 0.05) is 11.8 Å². The van der Waals surface area contributed by atoms with Gasteiger partial charge in [-0.15, -0.1) is 23.3 Å². The zero-order valence-corrected chi connectivity index (χ0v) is 16.5. The number of nitrogens with zero attached hydrogens (tertiary/aromatic N) is 3. The summed E-state index contributed by atoms with van der Waals surface area (Å²) < 4.78 is 52.6. The summed E-state index contributed by atoms with van der Waals surface area (Å²) in [5.74, 6) is -1.55. The normalized spacial score (nSPS) is 11.5. The minimum Gasteiger partial charge on any atom is -0.423 e. The smallest absolute Gasteiger partial charge is 0.423 e. The third-order valence-corrected chi connectivity index (χ3v) is 4.29. The van der Waals surface area contributed by atoms with Gasteiger partial charge in [-0.3, -0.25) is 4.79 Å². The van der Waals surface area contributed by atoms with Gasteiger partial charge < -0.3 is 24.3 Å². The van der Waals surface area contributed by atoms with Crippen molar-refractivity contribution in [2.45, 2.75) is 13.0 Å². The molecule has 0 saturated heterocycles. The molecule has 2 aromatic heterocycles. The van der Waals surface area contributed by atoms with Crippen molar-refractivity contribution in [3.8, 4) is 17.5 Å². The number of amides is 1. The number of aliphatic hydroxyl groups excluding tert-OH is 1. The summed E-state index contributed by atoms with van der Waals surface area (Å²) in [7, 11) is 0. The molecule has 0 unspecified atom stereocenters. The predicted octanol–water partition coefficient (Wildman–Crippen LogP) is 4.41. The number of rotatable bonds is 6. The number of anilines is 1. The van der Waals surface area contributed by atoms with Crippen molar-refractivity contribution in [3.05, 3.63) is 65.0 Å². The molecule has 2 heterocycles. The van der Waals surface area contributed by atoms with E-state index in [2.05, 4.69) is 20.1 Å². The van der Waals surface area contributed by atoms with Gasteiger partial charge in [0.25, 0.3) is 5.91 Å². The lowest BCUT2D eigenvalue weighted by molar-refractivity contribution is -0.274. The summed E-state index contributed by atoms with van der Waals surface area (Å²) in [6, 6.07) is 11.6. The summed E-state index contributed by atoms with van der Waals surface area (Å²) in [6.07, 6.45) is -4.90. The van der Waals surface area contributed by atoms with Crippen molar-refractivity contribution >= 4 is 29.0 Å². The van der Waals surface area contributed by atoms with Gasteiger partial charge in [-0.05, 0) is 24.3 Å². The second-order valence-electron chi connectivity index (χ2n) is 6.19. The van der Waals surface area contributed by atoms with Gasteiger partial charge in [0.05, 0.1) is 11.6 Å². The molecule has 0 aliphatic rings. The van der Waals surface area contributed by atoms with Crippen molar-refractivity contribution < 1.29 is 37.0 Å². The Morgan fingerprint density at radius 2 is 1.97 bits per heavy atom. The van der Waals surface area contributed by atoms with E-state index in [1.165, 1.54) is 6.07 Å². The van der Waals surface area contributed by atoms with Crippen molar-refractivity contribution in [1.29, 1.82) is 0 Å². The molecule has 0 saturated carbocycles. The van der Waals surface area contributed by atoms with Crippen LogP contribution in [0.25, 0.3) is 5.84 Å². The number of para-hydroxylation sites is 1. The Morgan fingerprint density at radius 3 is 2.62 bits per heavy atom. The highest BCUT2D eigenvalue weighted by Gasteiger charge is 2.32. The highest BCUT2D eigenvalue weighted by molar-refractivity contribution is 6.32. The van der Waals surface area contributed by atoms with Crippen LogP contribution in [0.5, 0.6) is 17.5 Å². The van der Waals surface area contributed by atoms with Crippen molar-refractivity contribution in [2.24, 2.45) is 0 Å². The maximum Gasteiger partial charge on any atom is 0.573 e. The second kappa shape index (κ2) is 8.40. The predicted molar refractivity (Wildman–Crippen MR) is 104 cm³/mol. The van der Waals surface area contributed by atoms with Gasteiger partial charge >= 0.3 is 18.2 Å². The van der Waals surface area contributed by atoms with Gasteiger partial charge in [-0.25, -0.2) is 0 Å². The van der Waals surface area contributed by atoms with Gasteiger partial charge in [0.2, 0.25) is 5.76 Å². The standard InChI is InChI=1S/C19H12ClF3N4O5/c20-12-8-11(6-7-14(12)32-19(21,22)23)30-17-25-18-27(26-17)13(9-28)15(31-18)16(29)24-10-4-2-1-3-5-10/h1-8,28H,9H2,(H,24,29). The quantitative estimate of drug-likeness (QED) is 0.431. The van der Waals surface area contributed by atoms with E-state index in [-0.39, 0.29) is 34.1 Å². The first kappa shape index (κ1) is 21.5. The van der Waals surface area contributed by atoms with Crippen LogP contribution in [0.1, 0.15) is 16.2 Å². The number of ether oxygens (including phenoxy) is 2. The molecule has 2 aromatic carbocycles. The molecule has 4 rings (SSSR count). The van der Waals surface area contributed by atoms with E-state index >= 15 is 0 Å². The fraction of sp³-hybridized carbons (Fsp3) is 0.105. The highest BCUT2D eigenvalue weighted by Crippen LogP contribution is 2.34. The summed E-state index contributed by atoms with van der Waals surface area (Å²) >= 11 is 5.78. The number of aliphatic hydroxyl groups is 1. The molecule has 13 heteroatoms. The molecular formula is C19H12ClF3N4O5. The molecule has 1 amide bonds. The first-order chi connectivity index (χ1) is 15.2. The van der Waals surface area contributed by atoms with E-state index in [0.717, 1.165) is 16.6 Å². The summed E-state index contributed by atoms with van der Waals surface area (Å²) in [5, 5.41) is 15.9. The molecule has 166 valence electrons. The lowest BCUT2D eigenvalue weighted by atomic mass is 10.3. The lowest BCUT2D eigenvalue weighted by Gasteiger charge is -2.10. The number of oxazole rings is 1. The third-order valence-electron chi connectivity index (χ3n) is 3.99. The SMILES string of the molecule is O=C(Nc1ccccc1)c1oc2nc(Oc3ccc(OC(F)(F)F)c(Cl)c3)nn2c1CO. The Balaban J connectivity index is 1.55. The maximum absolute atomic E-state index is 12.5. The van der Waals surface area contributed by atoms with Crippen LogP contribution in [0.4, 0.5) is 18.9 Å². The molecular weight excluding hydrogens is 457 g/mol. The van der Waals surface area contributed by atoms with Crippen LogP contribution in [-0.2, 0) is 6.61 Å². The van der Waals surface area contributed by atoms with E-state index < -0.39 is 24.6 Å². The van der Waals surface area contributed by atoms with E-state index in [0.29, 0.717) is 5.69 Å². The molecule has 4 aromatic rings. The van der Waals surface area contributed by atoms with E-state index in [9.17, 15) is 23.1 Å². The Hall–Kier alpha value is -3.77. The van der Waals surface area contributed by atoms with Crippen molar-refractivity contribution in [3.63, 3.8) is 0 Å². The van der Waals surface area contributed by atoms with Gasteiger partial charge in [0.15, 0.2) is 0 Å². The number of alkyl halides is 3. The van der Waals surface area contributed by atoms with Crippen LogP contribution >= 0.6 is 11.6 Å². The number of carbonyl (C=O) groups is 1. The lowest BCUT2D eigenvalue weighted by Crippen LogP contribution is -2.17. The minimum atomic E-state index is -4.90. The Morgan fingerprint density at radius 1 is 1.22 bits per heavy atom. The maximum atomic E-state index is 12.5. The van der Waals surface area contributed by atoms with Gasteiger partial charge in [0.1, 0.15) is 17.2 Å². The average Bonchev–Trinajstić information content (AvgIpc) is 3.27. The first-order valence-corrected chi connectivity index (χ1v) is 9.20. The highest BCUT2D eigenvalue weighted by atomic mass is 35.5. The first-order valence-electron chi connectivity index (χ1n) is 8.82. The molecule has 9 nitrogen and oxygen atoms in total. The molecule has 0 aliphatic carbocycles. The van der Waals surface area contributed by atoms with Crippen LogP contribution < -0.4 is 14.8 Å². The van der Waals surface area contributed by atoms with Crippen LogP contribution in [0.15, 0.2) is 52.9 Å². The Kier molecular flexibility index (Phi) is 5.63. The van der Waals surface area contributed by atoms with Crippen molar-refractivity contribution in [1.82, 2.24) is 14.6 Å². The number of carbonyl (C=O) groups excluding carboxylic acids is 1. The number of fused-ring (bicyclic) bond motifs is 1. The molecule has 0 bridgehead atoms.